The van der Waals surface area contributed by atoms with Gasteiger partial charge in [0.2, 0.25) is 5.91 Å². The van der Waals surface area contributed by atoms with Gasteiger partial charge in [-0.15, -0.1) is 0 Å². The number of ether oxygens (including phenoxy) is 1. The van der Waals surface area contributed by atoms with Crippen molar-refractivity contribution in [2.75, 3.05) is 11.9 Å². The van der Waals surface area contributed by atoms with Crippen LogP contribution in [-0.2, 0) is 4.79 Å². The maximum atomic E-state index is 12.0. The molecule has 2 heterocycles. The summed E-state index contributed by atoms with van der Waals surface area (Å²) in [6, 6.07) is 9.39. The van der Waals surface area contributed by atoms with Crippen molar-refractivity contribution in [3.05, 3.63) is 54.4 Å². The fraction of sp³-hybridized carbons (Fsp3) is 0.118. The van der Waals surface area contributed by atoms with Gasteiger partial charge in [0.25, 0.3) is 0 Å². The lowest BCUT2D eigenvalue weighted by Gasteiger charge is -2.00. The van der Waals surface area contributed by atoms with E-state index >= 15 is 0 Å². The molecular weight excluding hydrogens is 310 g/mol. The number of thiazole rings is 1. The summed E-state index contributed by atoms with van der Waals surface area (Å²) in [4.78, 5) is 20.3. The van der Waals surface area contributed by atoms with E-state index in [0.717, 1.165) is 21.5 Å². The monoisotopic (exact) mass is 325 g/mol. The van der Waals surface area contributed by atoms with E-state index in [4.69, 9.17) is 4.74 Å². The standard InChI is InChI=1S/C17H15N3O2S/c1-2-22-13-6-7-14-15(10-13)23-17(19-14)20-16(21)8-5-12-4-3-9-18-11-12/h3-11H,2H2,1H3,(H,19,20,21)/b8-5+. The van der Waals surface area contributed by atoms with Crippen molar-refractivity contribution in [2.45, 2.75) is 6.92 Å². The minimum absolute atomic E-state index is 0.224. The Bertz CT molecular complexity index is 843. The topological polar surface area (TPSA) is 64.1 Å². The van der Waals surface area contributed by atoms with Gasteiger partial charge in [0, 0.05) is 18.5 Å². The highest BCUT2D eigenvalue weighted by atomic mass is 32.1. The Kier molecular flexibility index (Phi) is 4.63. The van der Waals surface area contributed by atoms with Crippen molar-refractivity contribution < 1.29 is 9.53 Å². The quantitative estimate of drug-likeness (QED) is 0.726. The SMILES string of the molecule is CCOc1ccc2nc(NC(=O)/C=C/c3cccnc3)sc2c1. The van der Waals surface area contributed by atoms with Crippen LogP contribution in [0.1, 0.15) is 12.5 Å². The molecule has 3 aromatic rings. The largest absolute Gasteiger partial charge is 0.494 e. The van der Waals surface area contributed by atoms with Crippen LogP contribution in [0.2, 0.25) is 0 Å². The smallest absolute Gasteiger partial charge is 0.250 e. The summed E-state index contributed by atoms with van der Waals surface area (Å²) < 4.78 is 6.44. The van der Waals surface area contributed by atoms with E-state index in [9.17, 15) is 4.79 Å². The first-order chi connectivity index (χ1) is 11.2. The zero-order valence-electron chi connectivity index (χ0n) is 12.5. The predicted molar refractivity (Wildman–Crippen MR) is 92.7 cm³/mol. The predicted octanol–water partition coefficient (Wildman–Crippen LogP) is 3.74. The number of benzene rings is 1. The van der Waals surface area contributed by atoms with Crippen LogP contribution in [0, 0.1) is 0 Å². The van der Waals surface area contributed by atoms with Crippen LogP contribution >= 0.6 is 11.3 Å². The van der Waals surface area contributed by atoms with Crippen molar-refractivity contribution in [1.82, 2.24) is 9.97 Å². The van der Waals surface area contributed by atoms with E-state index < -0.39 is 0 Å². The van der Waals surface area contributed by atoms with Gasteiger partial charge < -0.3 is 4.74 Å². The van der Waals surface area contributed by atoms with Crippen molar-refractivity contribution in [3.63, 3.8) is 0 Å². The molecule has 23 heavy (non-hydrogen) atoms. The molecule has 0 bridgehead atoms. The summed E-state index contributed by atoms with van der Waals surface area (Å²) in [5.41, 5.74) is 1.71. The van der Waals surface area contributed by atoms with Crippen LogP contribution in [0.15, 0.2) is 48.8 Å². The molecule has 6 heteroatoms. The lowest BCUT2D eigenvalue weighted by molar-refractivity contribution is -0.111. The molecule has 0 unspecified atom stereocenters. The van der Waals surface area contributed by atoms with E-state index in [0.29, 0.717) is 11.7 Å². The average molecular weight is 325 g/mol. The van der Waals surface area contributed by atoms with E-state index in [1.54, 1.807) is 18.5 Å². The fourth-order valence-corrected chi connectivity index (χ4v) is 2.91. The molecule has 0 radical (unpaired) electrons. The molecule has 0 aliphatic carbocycles. The van der Waals surface area contributed by atoms with Gasteiger partial charge in [-0.2, -0.15) is 0 Å². The molecule has 1 N–H and O–H groups in total. The number of rotatable bonds is 5. The molecular formula is C17H15N3O2S. The second-order valence-electron chi connectivity index (χ2n) is 4.69. The number of hydrogen-bond acceptors (Lipinski definition) is 5. The third-order valence-corrected chi connectivity index (χ3v) is 3.95. The van der Waals surface area contributed by atoms with Crippen molar-refractivity contribution in [1.29, 1.82) is 0 Å². The Balaban J connectivity index is 1.71. The normalized spacial score (nSPS) is 11.0. The Morgan fingerprint density at radius 3 is 3.09 bits per heavy atom. The first-order valence-corrected chi connectivity index (χ1v) is 7.99. The van der Waals surface area contributed by atoms with E-state index in [-0.39, 0.29) is 5.91 Å². The summed E-state index contributed by atoms with van der Waals surface area (Å²) >= 11 is 1.42. The van der Waals surface area contributed by atoms with Crippen molar-refractivity contribution >= 4 is 38.7 Å². The van der Waals surface area contributed by atoms with Gasteiger partial charge in [-0.3, -0.25) is 15.1 Å². The number of hydrogen-bond donors (Lipinski definition) is 1. The third-order valence-electron chi connectivity index (χ3n) is 3.01. The molecule has 1 aromatic carbocycles. The Hall–Kier alpha value is -2.73. The Morgan fingerprint density at radius 2 is 2.30 bits per heavy atom. The third kappa shape index (κ3) is 3.92. The summed E-state index contributed by atoms with van der Waals surface area (Å²) in [7, 11) is 0. The van der Waals surface area contributed by atoms with Crippen LogP contribution in [0.3, 0.4) is 0 Å². The minimum Gasteiger partial charge on any atom is -0.494 e. The lowest BCUT2D eigenvalue weighted by Crippen LogP contribution is -2.07. The summed E-state index contributed by atoms with van der Waals surface area (Å²) in [6.07, 6.45) is 6.56. The minimum atomic E-state index is -0.224. The van der Waals surface area contributed by atoms with Gasteiger partial charge in [0.1, 0.15) is 5.75 Å². The van der Waals surface area contributed by atoms with Crippen LogP contribution in [-0.4, -0.2) is 22.5 Å². The van der Waals surface area contributed by atoms with Crippen LogP contribution in [0.25, 0.3) is 16.3 Å². The van der Waals surface area contributed by atoms with Gasteiger partial charge in [-0.25, -0.2) is 4.98 Å². The fourth-order valence-electron chi connectivity index (χ4n) is 2.01. The molecule has 0 aliphatic heterocycles. The zero-order chi connectivity index (χ0) is 16.1. The number of carbonyl (C=O) groups is 1. The highest BCUT2D eigenvalue weighted by molar-refractivity contribution is 7.22. The molecule has 5 nitrogen and oxygen atoms in total. The number of amides is 1. The van der Waals surface area contributed by atoms with Gasteiger partial charge in [-0.1, -0.05) is 17.4 Å². The first kappa shape index (κ1) is 15.2. The van der Waals surface area contributed by atoms with Crippen molar-refractivity contribution in [3.8, 4) is 5.75 Å². The Labute approximate surface area is 137 Å². The number of aromatic nitrogens is 2. The number of nitrogens with one attached hydrogen (secondary N) is 1. The first-order valence-electron chi connectivity index (χ1n) is 7.17. The van der Waals surface area contributed by atoms with Crippen molar-refractivity contribution in [2.24, 2.45) is 0 Å². The van der Waals surface area contributed by atoms with Gasteiger partial charge >= 0.3 is 0 Å². The van der Waals surface area contributed by atoms with E-state index in [1.165, 1.54) is 17.4 Å². The van der Waals surface area contributed by atoms with E-state index in [2.05, 4.69) is 15.3 Å². The molecule has 3 rings (SSSR count). The number of fused-ring (bicyclic) bond motifs is 1. The lowest BCUT2D eigenvalue weighted by atomic mass is 10.2. The summed E-state index contributed by atoms with van der Waals surface area (Å²) in [5.74, 6) is 0.580. The molecule has 0 saturated heterocycles. The average Bonchev–Trinajstić information content (AvgIpc) is 2.95. The number of anilines is 1. The van der Waals surface area contributed by atoms with Gasteiger partial charge in [0.05, 0.1) is 16.8 Å². The maximum absolute atomic E-state index is 12.0. The summed E-state index contributed by atoms with van der Waals surface area (Å²) in [5, 5.41) is 3.34. The molecule has 1 amide bonds. The van der Waals surface area contributed by atoms with Gasteiger partial charge in [0.15, 0.2) is 5.13 Å². The molecule has 0 saturated carbocycles. The highest BCUT2D eigenvalue weighted by Crippen LogP contribution is 2.29. The molecule has 0 spiro atoms. The second kappa shape index (κ2) is 7.02. The number of carbonyl (C=O) groups excluding carboxylic acids is 1. The zero-order valence-corrected chi connectivity index (χ0v) is 13.3. The second-order valence-corrected chi connectivity index (χ2v) is 5.72. The summed E-state index contributed by atoms with van der Waals surface area (Å²) in [6.45, 7) is 2.56. The number of nitrogens with zero attached hydrogens (tertiary/aromatic N) is 2. The molecule has 2 aromatic heterocycles. The van der Waals surface area contributed by atoms with E-state index in [1.807, 2.05) is 37.3 Å². The van der Waals surface area contributed by atoms with Gasteiger partial charge in [-0.05, 0) is 42.8 Å². The maximum Gasteiger partial charge on any atom is 0.250 e. The molecule has 0 fully saturated rings. The molecule has 116 valence electrons. The Morgan fingerprint density at radius 1 is 1.39 bits per heavy atom. The molecule has 0 atom stereocenters. The van der Waals surface area contributed by atoms with Crippen LogP contribution in [0.5, 0.6) is 5.75 Å². The van der Waals surface area contributed by atoms with Crippen LogP contribution < -0.4 is 10.1 Å². The number of pyridine rings is 1. The van der Waals surface area contributed by atoms with Crippen LogP contribution in [0.4, 0.5) is 5.13 Å². The highest BCUT2D eigenvalue weighted by Gasteiger charge is 2.07. The molecule has 0 aliphatic rings.